The Morgan fingerprint density at radius 3 is 2.96 bits per heavy atom. The SMILES string of the molecule is Cc1cc(C)n(-c2cccc(NC(=O)NCC3CCCO3)c2)n1. The largest absolute Gasteiger partial charge is 0.376 e. The molecule has 122 valence electrons. The van der Waals surface area contributed by atoms with Crippen molar-refractivity contribution >= 4 is 11.7 Å². The van der Waals surface area contributed by atoms with Gasteiger partial charge in [0.2, 0.25) is 0 Å². The first kappa shape index (κ1) is 15.6. The molecule has 6 nitrogen and oxygen atoms in total. The predicted octanol–water partition coefficient (Wildman–Crippen LogP) is 2.79. The fourth-order valence-corrected chi connectivity index (χ4v) is 2.79. The summed E-state index contributed by atoms with van der Waals surface area (Å²) < 4.78 is 7.36. The second-order valence-electron chi connectivity index (χ2n) is 5.86. The molecule has 0 bridgehead atoms. The first-order valence-corrected chi connectivity index (χ1v) is 7.92. The number of anilines is 1. The second-order valence-corrected chi connectivity index (χ2v) is 5.86. The molecule has 0 saturated carbocycles. The van der Waals surface area contributed by atoms with Crippen LogP contribution in [0.2, 0.25) is 0 Å². The van der Waals surface area contributed by atoms with Gasteiger partial charge in [0, 0.05) is 24.5 Å². The molecule has 6 heteroatoms. The van der Waals surface area contributed by atoms with Crippen LogP contribution < -0.4 is 10.6 Å². The van der Waals surface area contributed by atoms with Gasteiger partial charge < -0.3 is 15.4 Å². The summed E-state index contributed by atoms with van der Waals surface area (Å²) in [7, 11) is 0. The Morgan fingerprint density at radius 2 is 2.26 bits per heavy atom. The van der Waals surface area contributed by atoms with E-state index < -0.39 is 0 Å². The molecular weight excluding hydrogens is 292 g/mol. The summed E-state index contributed by atoms with van der Waals surface area (Å²) in [6.45, 7) is 5.31. The van der Waals surface area contributed by atoms with E-state index in [1.165, 1.54) is 0 Å². The second kappa shape index (κ2) is 6.83. The molecule has 1 aromatic carbocycles. The van der Waals surface area contributed by atoms with Crippen LogP contribution in [0.15, 0.2) is 30.3 Å². The molecule has 2 heterocycles. The highest BCUT2D eigenvalue weighted by molar-refractivity contribution is 5.89. The Labute approximate surface area is 135 Å². The van der Waals surface area contributed by atoms with Crippen LogP contribution in [-0.4, -0.2) is 35.1 Å². The molecule has 0 spiro atoms. The first-order chi connectivity index (χ1) is 11.1. The zero-order chi connectivity index (χ0) is 16.2. The van der Waals surface area contributed by atoms with Gasteiger partial charge in [-0.3, -0.25) is 0 Å². The summed E-state index contributed by atoms with van der Waals surface area (Å²) in [5, 5.41) is 10.2. The number of carbonyl (C=O) groups excluding carboxylic acids is 1. The summed E-state index contributed by atoms with van der Waals surface area (Å²) in [6, 6.07) is 9.45. The minimum atomic E-state index is -0.217. The molecule has 1 aliphatic heterocycles. The highest BCUT2D eigenvalue weighted by atomic mass is 16.5. The topological polar surface area (TPSA) is 68.2 Å². The van der Waals surface area contributed by atoms with Crippen molar-refractivity contribution in [2.75, 3.05) is 18.5 Å². The average Bonchev–Trinajstić information content (AvgIpc) is 3.15. The quantitative estimate of drug-likeness (QED) is 0.912. The van der Waals surface area contributed by atoms with E-state index in [4.69, 9.17) is 4.74 Å². The summed E-state index contributed by atoms with van der Waals surface area (Å²) >= 11 is 0. The molecule has 1 saturated heterocycles. The van der Waals surface area contributed by atoms with Gasteiger partial charge in [0.1, 0.15) is 0 Å². The van der Waals surface area contributed by atoms with Crippen LogP contribution in [-0.2, 0) is 4.74 Å². The zero-order valence-electron chi connectivity index (χ0n) is 13.5. The van der Waals surface area contributed by atoms with Crippen molar-refractivity contribution in [3.8, 4) is 5.69 Å². The fourth-order valence-electron chi connectivity index (χ4n) is 2.79. The third-order valence-electron chi connectivity index (χ3n) is 3.87. The summed E-state index contributed by atoms with van der Waals surface area (Å²) in [5.74, 6) is 0. The van der Waals surface area contributed by atoms with Crippen molar-refractivity contribution in [3.63, 3.8) is 0 Å². The van der Waals surface area contributed by atoms with Crippen LogP contribution >= 0.6 is 0 Å². The van der Waals surface area contributed by atoms with Gasteiger partial charge in [-0.1, -0.05) is 6.07 Å². The van der Waals surface area contributed by atoms with Crippen LogP contribution in [0.1, 0.15) is 24.2 Å². The van der Waals surface area contributed by atoms with Crippen molar-refractivity contribution in [2.24, 2.45) is 0 Å². The third kappa shape index (κ3) is 3.90. The number of hydrogen-bond acceptors (Lipinski definition) is 3. The molecule has 1 fully saturated rings. The zero-order valence-corrected chi connectivity index (χ0v) is 13.5. The number of urea groups is 1. The lowest BCUT2D eigenvalue weighted by molar-refractivity contribution is 0.112. The van der Waals surface area contributed by atoms with E-state index in [0.717, 1.165) is 42.2 Å². The maximum Gasteiger partial charge on any atom is 0.319 e. The molecule has 2 N–H and O–H groups in total. The van der Waals surface area contributed by atoms with Gasteiger partial charge in [-0.25, -0.2) is 9.48 Å². The molecule has 3 rings (SSSR count). The summed E-state index contributed by atoms with van der Waals surface area (Å²) in [4.78, 5) is 12.0. The molecule has 23 heavy (non-hydrogen) atoms. The molecule has 0 radical (unpaired) electrons. The van der Waals surface area contributed by atoms with E-state index >= 15 is 0 Å². The third-order valence-corrected chi connectivity index (χ3v) is 3.87. The number of rotatable bonds is 4. The number of hydrogen-bond donors (Lipinski definition) is 2. The number of amides is 2. The number of nitrogens with zero attached hydrogens (tertiary/aromatic N) is 2. The normalized spacial score (nSPS) is 17.2. The Kier molecular flexibility index (Phi) is 4.62. The lowest BCUT2D eigenvalue weighted by atomic mass is 10.2. The summed E-state index contributed by atoms with van der Waals surface area (Å²) in [6.07, 6.45) is 2.22. The van der Waals surface area contributed by atoms with Crippen LogP contribution in [0.4, 0.5) is 10.5 Å². The molecule has 0 aliphatic carbocycles. The number of nitrogens with one attached hydrogen (secondary N) is 2. The van der Waals surface area contributed by atoms with Crippen molar-refractivity contribution in [1.29, 1.82) is 0 Å². The number of ether oxygens (including phenoxy) is 1. The van der Waals surface area contributed by atoms with Gasteiger partial charge in [0.05, 0.1) is 17.5 Å². The van der Waals surface area contributed by atoms with E-state index in [1.807, 2.05) is 48.9 Å². The molecule has 1 atom stereocenters. The van der Waals surface area contributed by atoms with Crippen LogP contribution in [0.5, 0.6) is 0 Å². The Hall–Kier alpha value is -2.34. The lowest BCUT2D eigenvalue weighted by Crippen LogP contribution is -2.35. The highest BCUT2D eigenvalue weighted by Gasteiger charge is 2.16. The maximum atomic E-state index is 12.0. The fraction of sp³-hybridized carbons (Fsp3) is 0.412. The van der Waals surface area contributed by atoms with Gasteiger partial charge in [-0.05, 0) is 51.0 Å². The van der Waals surface area contributed by atoms with Gasteiger partial charge >= 0.3 is 6.03 Å². The monoisotopic (exact) mass is 314 g/mol. The number of aromatic nitrogens is 2. The standard InChI is InChI=1S/C17H22N4O2/c1-12-9-13(2)21(20-12)15-6-3-5-14(10-15)19-17(22)18-11-16-7-4-8-23-16/h3,5-6,9-10,16H,4,7-8,11H2,1-2H3,(H2,18,19,22). The van der Waals surface area contributed by atoms with Crippen molar-refractivity contribution in [2.45, 2.75) is 32.8 Å². The molecular formula is C17H22N4O2. The van der Waals surface area contributed by atoms with Gasteiger partial charge in [-0.15, -0.1) is 0 Å². The molecule has 2 aromatic rings. The van der Waals surface area contributed by atoms with Crippen molar-refractivity contribution in [1.82, 2.24) is 15.1 Å². The van der Waals surface area contributed by atoms with Gasteiger partial charge in [-0.2, -0.15) is 5.10 Å². The van der Waals surface area contributed by atoms with Crippen LogP contribution in [0.3, 0.4) is 0 Å². The van der Waals surface area contributed by atoms with E-state index in [0.29, 0.717) is 6.54 Å². The number of carbonyl (C=O) groups is 1. The Bertz CT molecular complexity index is 690. The van der Waals surface area contributed by atoms with Crippen molar-refractivity contribution < 1.29 is 9.53 Å². The minimum Gasteiger partial charge on any atom is -0.376 e. The van der Waals surface area contributed by atoms with E-state index in [1.54, 1.807) is 0 Å². The van der Waals surface area contributed by atoms with E-state index in [9.17, 15) is 4.79 Å². The molecule has 1 aromatic heterocycles. The first-order valence-electron chi connectivity index (χ1n) is 7.92. The maximum absolute atomic E-state index is 12.0. The van der Waals surface area contributed by atoms with E-state index in [2.05, 4.69) is 15.7 Å². The number of aryl methyl sites for hydroxylation is 2. The molecule has 1 aliphatic rings. The van der Waals surface area contributed by atoms with Crippen LogP contribution in [0.25, 0.3) is 5.69 Å². The van der Waals surface area contributed by atoms with Crippen LogP contribution in [0, 0.1) is 13.8 Å². The lowest BCUT2D eigenvalue weighted by Gasteiger charge is -2.12. The van der Waals surface area contributed by atoms with Gasteiger partial charge in [0.15, 0.2) is 0 Å². The summed E-state index contributed by atoms with van der Waals surface area (Å²) in [5.41, 5.74) is 3.69. The average molecular weight is 314 g/mol. The Morgan fingerprint density at radius 1 is 1.39 bits per heavy atom. The number of benzene rings is 1. The van der Waals surface area contributed by atoms with E-state index in [-0.39, 0.29) is 12.1 Å². The van der Waals surface area contributed by atoms with Crippen molar-refractivity contribution in [3.05, 3.63) is 41.7 Å². The molecule has 1 unspecified atom stereocenters. The predicted molar refractivity (Wildman–Crippen MR) is 89.0 cm³/mol. The smallest absolute Gasteiger partial charge is 0.319 e. The van der Waals surface area contributed by atoms with Gasteiger partial charge in [0.25, 0.3) is 0 Å². The minimum absolute atomic E-state index is 0.141. The molecule has 2 amide bonds. The highest BCUT2D eigenvalue weighted by Crippen LogP contribution is 2.17. The Balaban J connectivity index is 1.63.